The average Bonchev–Trinajstić information content (AvgIpc) is 2.77. The van der Waals surface area contributed by atoms with Crippen molar-refractivity contribution in [1.82, 2.24) is 0 Å². The lowest BCUT2D eigenvalue weighted by molar-refractivity contribution is -0.279. The molecule has 0 unspecified atom stereocenters. The molecule has 0 bridgehead atoms. The minimum atomic E-state index is -4.03. The predicted molar refractivity (Wildman–Crippen MR) is 110 cm³/mol. The minimum absolute atomic E-state index is 0.186. The molecule has 174 valence electrons. The van der Waals surface area contributed by atoms with Crippen LogP contribution in [0.5, 0.6) is 5.75 Å². The molecule has 1 aliphatic rings. The van der Waals surface area contributed by atoms with Crippen LogP contribution in [0, 0.1) is 23.4 Å². The molecule has 32 heavy (non-hydrogen) atoms. The van der Waals surface area contributed by atoms with Crippen molar-refractivity contribution >= 4 is 0 Å². The van der Waals surface area contributed by atoms with Crippen LogP contribution in [0.4, 0.5) is 22.0 Å². The summed E-state index contributed by atoms with van der Waals surface area (Å²) >= 11 is 0. The van der Waals surface area contributed by atoms with E-state index in [0.29, 0.717) is 38.9 Å². The van der Waals surface area contributed by atoms with Crippen LogP contribution in [0.25, 0.3) is 11.1 Å². The second kappa shape index (κ2) is 10.4. The molecular weight excluding hydrogens is 431 g/mol. The number of hydrogen-bond donors (Lipinski definition) is 0. The average molecular weight is 456 g/mol. The van der Waals surface area contributed by atoms with Gasteiger partial charge in [-0.1, -0.05) is 12.1 Å². The predicted octanol–water partition coefficient (Wildman–Crippen LogP) is 6.61. The Bertz CT molecular complexity index is 939. The van der Waals surface area contributed by atoms with Crippen molar-refractivity contribution in [3.8, 4) is 16.9 Å². The van der Waals surface area contributed by atoms with E-state index in [9.17, 15) is 22.0 Å². The molecule has 0 N–H and O–H groups in total. The van der Waals surface area contributed by atoms with E-state index in [-0.39, 0.29) is 17.2 Å². The Labute approximate surface area is 183 Å². The summed E-state index contributed by atoms with van der Waals surface area (Å²) in [6.45, 7) is 4.50. The summed E-state index contributed by atoms with van der Waals surface area (Å²) in [6.07, 6.45) is -1.21. The van der Waals surface area contributed by atoms with Crippen LogP contribution in [0.3, 0.4) is 0 Å². The van der Waals surface area contributed by atoms with Gasteiger partial charge in [-0.15, -0.1) is 6.58 Å². The van der Waals surface area contributed by atoms with Gasteiger partial charge in [0, 0.05) is 23.8 Å². The van der Waals surface area contributed by atoms with Gasteiger partial charge in [-0.25, -0.2) is 13.2 Å². The fourth-order valence-electron chi connectivity index (χ4n) is 3.83. The number of halogens is 5. The first-order valence-corrected chi connectivity index (χ1v) is 10.3. The summed E-state index contributed by atoms with van der Waals surface area (Å²) in [4.78, 5) is 0. The number of hydrogen-bond acceptors (Lipinski definition) is 3. The fraction of sp³-hybridized carbons (Fsp3) is 0.417. The van der Waals surface area contributed by atoms with Crippen molar-refractivity contribution in [3.63, 3.8) is 0 Å². The largest absolute Gasteiger partial charge is 0.497 e. The van der Waals surface area contributed by atoms with E-state index in [0.717, 1.165) is 18.2 Å². The zero-order valence-corrected chi connectivity index (χ0v) is 17.7. The maximum Gasteiger partial charge on any atom is 0.386 e. The molecule has 8 heteroatoms. The van der Waals surface area contributed by atoms with Crippen LogP contribution in [-0.2, 0) is 15.6 Å². The van der Waals surface area contributed by atoms with Gasteiger partial charge in [-0.05, 0) is 49.8 Å². The van der Waals surface area contributed by atoms with E-state index in [1.165, 1.54) is 19.2 Å². The van der Waals surface area contributed by atoms with E-state index < -0.39 is 40.8 Å². The molecule has 0 spiro atoms. The number of alkyl halides is 2. The highest BCUT2D eigenvalue weighted by Gasteiger charge is 2.41. The van der Waals surface area contributed by atoms with Gasteiger partial charge in [0.1, 0.15) is 11.6 Å². The Hall–Kier alpha value is -2.45. The maximum atomic E-state index is 14.7. The second-order valence-corrected chi connectivity index (χ2v) is 7.74. The maximum absolute atomic E-state index is 14.7. The third-order valence-corrected chi connectivity index (χ3v) is 5.56. The third kappa shape index (κ3) is 5.48. The summed E-state index contributed by atoms with van der Waals surface area (Å²) < 4.78 is 88.0. The van der Waals surface area contributed by atoms with Crippen LogP contribution < -0.4 is 4.74 Å². The highest BCUT2D eigenvalue weighted by molar-refractivity contribution is 5.66. The molecule has 0 heterocycles. The lowest BCUT2D eigenvalue weighted by Gasteiger charge is -2.31. The Morgan fingerprint density at radius 2 is 1.69 bits per heavy atom. The molecule has 3 rings (SSSR count). The Balaban J connectivity index is 1.72. The van der Waals surface area contributed by atoms with Gasteiger partial charge in [-0.3, -0.25) is 0 Å². The molecule has 1 aliphatic carbocycles. The quantitative estimate of drug-likeness (QED) is 0.242. The summed E-state index contributed by atoms with van der Waals surface area (Å²) in [5.74, 6) is -3.79. The normalized spacial score (nSPS) is 19.1. The van der Waals surface area contributed by atoms with Crippen LogP contribution >= 0.6 is 0 Å². The molecular formula is C24H25F5O3. The van der Waals surface area contributed by atoms with Gasteiger partial charge in [0.05, 0.1) is 25.4 Å². The van der Waals surface area contributed by atoms with Crippen molar-refractivity contribution in [2.45, 2.75) is 37.9 Å². The Morgan fingerprint density at radius 1 is 1.00 bits per heavy atom. The van der Waals surface area contributed by atoms with Gasteiger partial charge >= 0.3 is 6.11 Å². The number of rotatable bonds is 9. The SMILES string of the molecule is C=CCOCC1CCC(OC(F)(F)c2ccc(-c3ccc(OC)cc3F)c(F)c2F)CC1. The smallest absolute Gasteiger partial charge is 0.386 e. The molecule has 0 aliphatic heterocycles. The molecule has 1 fully saturated rings. The first-order chi connectivity index (χ1) is 15.3. The summed E-state index contributed by atoms with van der Waals surface area (Å²) in [7, 11) is 1.33. The van der Waals surface area contributed by atoms with E-state index in [1.54, 1.807) is 6.08 Å². The van der Waals surface area contributed by atoms with E-state index >= 15 is 0 Å². The van der Waals surface area contributed by atoms with Crippen LogP contribution in [0.15, 0.2) is 43.0 Å². The van der Waals surface area contributed by atoms with Crippen LogP contribution in [0.2, 0.25) is 0 Å². The molecule has 0 saturated heterocycles. The Kier molecular flexibility index (Phi) is 7.90. The Morgan fingerprint density at radius 3 is 2.31 bits per heavy atom. The number of methoxy groups -OCH3 is 1. The summed E-state index contributed by atoms with van der Waals surface area (Å²) in [5.41, 5.74) is -1.96. The third-order valence-electron chi connectivity index (χ3n) is 5.56. The molecule has 3 nitrogen and oxygen atoms in total. The van der Waals surface area contributed by atoms with Gasteiger partial charge in [0.25, 0.3) is 0 Å². The summed E-state index contributed by atoms with van der Waals surface area (Å²) in [6, 6.07) is 5.20. The molecule has 1 saturated carbocycles. The van der Waals surface area contributed by atoms with Gasteiger partial charge < -0.3 is 14.2 Å². The molecule has 0 aromatic heterocycles. The number of benzene rings is 2. The molecule has 0 atom stereocenters. The molecule has 0 radical (unpaired) electrons. The second-order valence-electron chi connectivity index (χ2n) is 7.74. The lowest BCUT2D eigenvalue weighted by Crippen LogP contribution is -2.31. The zero-order valence-electron chi connectivity index (χ0n) is 17.7. The van der Waals surface area contributed by atoms with E-state index in [2.05, 4.69) is 6.58 Å². The number of ether oxygens (including phenoxy) is 3. The van der Waals surface area contributed by atoms with E-state index in [1.807, 2.05) is 0 Å². The van der Waals surface area contributed by atoms with E-state index in [4.69, 9.17) is 14.2 Å². The van der Waals surface area contributed by atoms with Gasteiger partial charge in [0.2, 0.25) is 0 Å². The standard InChI is InChI=1S/C24H25F5O3/c1-3-12-31-14-15-4-6-16(7-5-15)32-24(28,29)20-11-10-19(22(26)23(20)27)18-9-8-17(30-2)13-21(18)25/h3,8-11,13,15-16H,1,4-7,12,14H2,2H3. The first kappa shape index (κ1) is 24.2. The van der Waals surface area contributed by atoms with Gasteiger partial charge in [0.15, 0.2) is 11.6 Å². The molecule has 2 aromatic rings. The highest BCUT2D eigenvalue weighted by atomic mass is 19.3. The highest BCUT2D eigenvalue weighted by Crippen LogP contribution is 2.39. The van der Waals surface area contributed by atoms with Gasteiger partial charge in [-0.2, -0.15) is 8.78 Å². The van der Waals surface area contributed by atoms with Crippen molar-refractivity contribution in [1.29, 1.82) is 0 Å². The van der Waals surface area contributed by atoms with Crippen molar-refractivity contribution in [2.75, 3.05) is 20.3 Å². The monoisotopic (exact) mass is 456 g/mol. The van der Waals surface area contributed by atoms with Crippen molar-refractivity contribution in [2.24, 2.45) is 5.92 Å². The first-order valence-electron chi connectivity index (χ1n) is 10.3. The molecule has 0 amide bonds. The topological polar surface area (TPSA) is 27.7 Å². The molecule has 2 aromatic carbocycles. The summed E-state index contributed by atoms with van der Waals surface area (Å²) in [5, 5.41) is 0. The van der Waals surface area contributed by atoms with Crippen molar-refractivity contribution < 1.29 is 36.2 Å². The van der Waals surface area contributed by atoms with Crippen molar-refractivity contribution in [3.05, 3.63) is 66.0 Å². The van der Waals surface area contributed by atoms with Crippen LogP contribution in [0.1, 0.15) is 31.2 Å². The minimum Gasteiger partial charge on any atom is -0.497 e. The fourth-order valence-corrected chi connectivity index (χ4v) is 3.83. The zero-order chi connectivity index (χ0) is 23.3. The lowest BCUT2D eigenvalue weighted by atomic mass is 9.88. The van der Waals surface area contributed by atoms with Crippen LogP contribution in [-0.4, -0.2) is 26.4 Å².